The third kappa shape index (κ3) is 4.82. The molecule has 0 bridgehead atoms. The lowest BCUT2D eigenvalue weighted by molar-refractivity contribution is 0.669. The fourth-order valence-electron chi connectivity index (χ4n) is 7.31. The van der Waals surface area contributed by atoms with E-state index >= 15 is 0 Å². The molecule has 0 fully saturated rings. The number of fused-ring (bicyclic) bond motifs is 7. The SMILES string of the molecule is Cc1ccc(-c2cc(-c3nc(-c4ccccc4)nc(-c4ccccc4)n3)ccc2-n2c3ccccc3c3c4c(ccc32)oc2ccccc24)cc1. The zero-order valence-corrected chi connectivity index (χ0v) is 27.8. The van der Waals surface area contributed by atoms with Gasteiger partial charge in [0.1, 0.15) is 11.2 Å². The van der Waals surface area contributed by atoms with Crippen LogP contribution in [0.5, 0.6) is 0 Å². The van der Waals surface area contributed by atoms with Crippen molar-refractivity contribution in [3.63, 3.8) is 0 Å². The maximum absolute atomic E-state index is 6.35. The van der Waals surface area contributed by atoms with Crippen LogP contribution in [0.3, 0.4) is 0 Å². The van der Waals surface area contributed by atoms with Crippen molar-refractivity contribution in [1.29, 1.82) is 0 Å². The van der Waals surface area contributed by atoms with Gasteiger partial charge in [0, 0.05) is 43.8 Å². The predicted molar refractivity (Wildman–Crippen MR) is 208 cm³/mol. The van der Waals surface area contributed by atoms with Gasteiger partial charge in [-0.2, -0.15) is 0 Å². The van der Waals surface area contributed by atoms with Gasteiger partial charge in [0.2, 0.25) is 0 Å². The maximum Gasteiger partial charge on any atom is 0.164 e. The highest BCUT2D eigenvalue weighted by atomic mass is 16.3. The number of benzene rings is 7. The molecule has 240 valence electrons. The standard InChI is InChI=1S/C46H30N4O/c1-29-20-22-30(23-21-29)36-28-33(46-48-44(31-12-4-2-5-13-31)47-45(49-46)32-14-6-3-7-15-32)24-25-38(36)50-37-18-10-8-16-34(37)42-39(50)26-27-41-43(42)35-17-9-11-19-40(35)51-41/h2-28H,1H3. The molecule has 5 nitrogen and oxygen atoms in total. The van der Waals surface area contributed by atoms with Crippen LogP contribution in [0.25, 0.3) is 94.7 Å². The molecule has 0 spiro atoms. The first kappa shape index (κ1) is 29.1. The van der Waals surface area contributed by atoms with E-state index in [-0.39, 0.29) is 0 Å². The molecule has 3 aromatic heterocycles. The largest absolute Gasteiger partial charge is 0.456 e. The summed E-state index contributed by atoms with van der Waals surface area (Å²) in [4.78, 5) is 15.0. The molecule has 10 aromatic rings. The van der Waals surface area contributed by atoms with Crippen LogP contribution in [0.4, 0.5) is 0 Å². The highest BCUT2D eigenvalue weighted by Gasteiger charge is 2.21. The van der Waals surface area contributed by atoms with Crippen molar-refractivity contribution < 1.29 is 4.42 Å². The van der Waals surface area contributed by atoms with Crippen LogP contribution in [0, 0.1) is 6.92 Å². The van der Waals surface area contributed by atoms with Gasteiger partial charge in [0.25, 0.3) is 0 Å². The van der Waals surface area contributed by atoms with Crippen LogP contribution in [-0.2, 0) is 0 Å². The van der Waals surface area contributed by atoms with E-state index in [1.54, 1.807) is 0 Å². The molecule has 0 radical (unpaired) electrons. The quantitative estimate of drug-likeness (QED) is 0.185. The molecule has 0 aliphatic heterocycles. The van der Waals surface area contributed by atoms with E-state index in [1.165, 1.54) is 16.3 Å². The van der Waals surface area contributed by atoms with Gasteiger partial charge >= 0.3 is 0 Å². The molecular weight excluding hydrogens is 625 g/mol. The maximum atomic E-state index is 6.35. The second-order valence-electron chi connectivity index (χ2n) is 12.9. The third-order valence-corrected chi connectivity index (χ3v) is 9.73. The molecule has 0 amide bonds. The second kappa shape index (κ2) is 11.6. The van der Waals surface area contributed by atoms with Crippen molar-refractivity contribution in [2.75, 3.05) is 0 Å². The zero-order valence-electron chi connectivity index (χ0n) is 27.8. The summed E-state index contributed by atoms with van der Waals surface area (Å²) in [7, 11) is 0. The first-order valence-electron chi connectivity index (χ1n) is 17.1. The molecule has 0 aliphatic rings. The second-order valence-corrected chi connectivity index (χ2v) is 12.9. The average Bonchev–Trinajstić information content (AvgIpc) is 3.74. The smallest absolute Gasteiger partial charge is 0.164 e. The van der Waals surface area contributed by atoms with Crippen molar-refractivity contribution in [3.05, 3.63) is 169 Å². The van der Waals surface area contributed by atoms with E-state index in [9.17, 15) is 0 Å². The average molecular weight is 655 g/mol. The minimum atomic E-state index is 0.622. The molecule has 7 aromatic carbocycles. The van der Waals surface area contributed by atoms with Crippen LogP contribution in [0.15, 0.2) is 168 Å². The van der Waals surface area contributed by atoms with Gasteiger partial charge in [0.05, 0.1) is 16.7 Å². The Kier molecular flexibility index (Phi) is 6.64. The Morgan fingerprint density at radius 1 is 0.431 bits per heavy atom. The van der Waals surface area contributed by atoms with Crippen LogP contribution in [0.1, 0.15) is 5.56 Å². The minimum Gasteiger partial charge on any atom is -0.456 e. The number of nitrogens with zero attached hydrogens (tertiary/aromatic N) is 4. The fraction of sp³-hybridized carbons (Fsp3) is 0.0217. The molecule has 0 N–H and O–H groups in total. The lowest BCUT2D eigenvalue weighted by Gasteiger charge is -2.16. The summed E-state index contributed by atoms with van der Waals surface area (Å²) in [6.07, 6.45) is 0. The van der Waals surface area contributed by atoms with Crippen molar-refractivity contribution in [3.8, 4) is 51.0 Å². The summed E-state index contributed by atoms with van der Waals surface area (Å²) in [6.45, 7) is 2.12. The van der Waals surface area contributed by atoms with E-state index in [1.807, 2.05) is 72.8 Å². The molecule has 0 unspecified atom stereocenters. The van der Waals surface area contributed by atoms with Crippen LogP contribution >= 0.6 is 0 Å². The van der Waals surface area contributed by atoms with E-state index in [4.69, 9.17) is 19.4 Å². The summed E-state index contributed by atoms with van der Waals surface area (Å²) < 4.78 is 8.74. The summed E-state index contributed by atoms with van der Waals surface area (Å²) in [5.41, 5.74) is 11.3. The lowest BCUT2D eigenvalue weighted by atomic mass is 9.99. The van der Waals surface area contributed by atoms with Gasteiger partial charge < -0.3 is 8.98 Å². The van der Waals surface area contributed by atoms with Crippen molar-refractivity contribution in [2.45, 2.75) is 6.92 Å². The van der Waals surface area contributed by atoms with E-state index in [0.29, 0.717) is 17.5 Å². The summed E-state index contributed by atoms with van der Waals surface area (Å²) in [6, 6.07) is 56.8. The Morgan fingerprint density at radius 3 is 1.73 bits per heavy atom. The van der Waals surface area contributed by atoms with E-state index < -0.39 is 0 Å². The minimum absolute atomic E-state index is 0.622. The zero-order chi connectivity index (χ0) is 33.9. The van der Waals surface area contributed by atoms with Gasteiger partial charge in [-0.05, 0) is 55.0 Å². The van der Waals surface area contributed by atoms with Crippen LogP contribution in [0.2, 0.25) is 0 Å². The van der Waals surface area contributed by atoms with Crippen molar-refractivity contribution in [1.82, 2.24) is 19.5 Å². The molecule has 10 rings (SSSR count). The number of hydrogen-bond acceptors (Lipinski definition) is 4. The molecular formula is C46H30N4O. The monoisotopic (exact) mass is 654 g/mol. The summed E-state index contributed by atoms with van der Waals surface area (Å²) >= 11 is 0. The van der Waals surface area contributed by atoms with Gasteiger partial charge in [0.15, 0.2) is 17.5 Å². The fourth-order valence-corrected chi connectivity index (χ4v) is 7.31. The molecule has 51 heavy (non-hydrogen) atoms. The number of hydrogen-bond donors (Lipinski definition) is 0. The number of rotatable bonds is 5. The molecule has 0 atom stereocenters. The summed E-state index contributed by atoms with van der Waals surface area (Å²) in [5.74, 6) is 1.90. The number of para-hydroxylation sites is 2. The summed E-state index contributed by atoms with van der Waals surface area (Å²) in [5, 5.41) is 4.62. The lowest BCUT2D eigenvalue weighted by Crippen LogP contribution is -2.02. The van der Waals surface area contributed by atoms with Gasteiger partial charge in [-0.25, -0.2) is 15.0 Å². The van der Waals surface area contributed by atoms with Crippen molar-refractivity contribution >= 4 is 43.7 Å². The Bertz CT molecular complexity index is 2850. The highest BCUT2D eigenvalue weighted by molar-refractivity contribution is 6.27. The molecule has 5 heteroatoms. The van der Waals surface area contributed by atoms with Crippen LogP contribution < -0.4 is 0 Å². The topological polar surface area (TPSA) is 56.7 Å². The highest BCUT2D eigenvalue weighted by Crippen LogP contribution is 2.43. The van der Waals surface area contributed by atoms with Crippen molar-refractivity contribution in [2.24, 2.45) is 0 Å². The van der Waals surface area contributed by atoms with Gasteiger partial charge in [-0.15, -0.1) is 0 Å². The molecule has 0 saturated heterocycles. The number of furan rings is 1. The van der Waals surface area contributed by atoms with Gasteiger partial charge in [-0.1, -0.05) is 127 Å². The third-order valence-electron chi connectivity index (χ3n) is 9.73. The van der Waals surface area contributed by atoms with E-state index in [2.05, 4.69) is 102 Å². The molecule has 3 heterocycles. The molecule has 0 aliphatic carbocycles. The first-order chi connectivity index (χ1) is 25.2. The number of aryl methyl sites for hydroxylation is 1. The first-order valence-corrected chi connectivity index (χ1v) is 17.1. The predicted octanol–water partition coefficient (Wildman–Crippen LogP) is 11.8. The molecule has 0 saturated carbocycles. The number of aromatic nitrogens is 4. The van der Waals surface area contributed by atoms with E-state index in [0.717, 1.165) is 66.5 Å². The Balaban J connectivity index is 1.25. The van der Waals surface area contributed by atoms with Crippen LogP contribution in [-0.4, -0.2) is 19.5 Å². The Labute approximate surface area is 294 Å². The normalized spacial score (nSPS) is 11.6. The Morgan fingerprint density at radius 2 is 1.02 bits per heavy atom. The van der Waals surface area contributed by atoms with Gasteiger partial charge in [-0.3, -0.25) is 0 Å². The Hall–Kier alpha value is -6.85.